The van der Waals surface area contributed by atoms with Crippen LogP contribution in [0.3, 0.4) is 0 Å². The summed E-state index contributed by atoms with van der Waals surface area (Å²) >= 11 is 0. The molecule has 1 heterocycles. The average Bonchev–Trinajstić information content (AvgIpc) is 3.32. The first-order valence-electron chi connectivity index (χ1n) is 12.6. The number of amides is 2. The number of nitrogens with zero attached hydrogens (tertiary/aromatic N) is 3. The maximum Gasteiger partial charge on any atom is 0.328 e. The van der Waals surface area contributed by atoms with Gasteiger partial charge in [0.2, 0.25) is 5.91 Å². The summed E-state index contributed by atoms with van der Waals surface area (Å²) in [7, 11) is 1.17. The van der Waals surface area contributed by atoms with Gasteiger partial charge in [0, 0.05) is 12.1 Å². The number of aromatic hydroxyl groups is 1. The zero-order chi connectivity index (χ0) is 30.3. The molecule has 0 unspecified atom stereocenters. The third-order valence-electron chi connectivity index (χ3n) is 6.29. The minimum Gasteiger partial charge on any atom is -0.507 e. The molecule has 15 nitrogen and oxygen atoms in total. The zero-order valence-electron chi connectivity index (χ0n) is 23.0. The monoisotopic (exact) mass is 568 g/mol. The lowest BCUT2D eigenvalue weighted by Crippen LogP contribution is -2.51. The molecule has 0 radical (unpaired) electrons. The molecule has 2 aromatic carbocycles. The molecular weight excluding hydrogens is 536 g/mol. The van der Waals surface area contributed by atoms with E-state index < -0.39 is 40.9 Å². The predicted octanol–water partition coefficient (Wildman–Crippen LogP) is 1.20. The van der Waals surface area contributed by atoms with Crippen molar-refractivity contribution in [3.63, 3.8) is 0 Å². The van der Waals surface area contributed by atoms with Crippen molar-refractivity contribution in [2.75, 3.05) is 13.7 Å². The molecule has 41 heavy (non-hydrogen) atoms. The van der Waals surface area contributed by atoms with Crippen LogP contribution < -0.4 is 21.8 Å². The molecule has 0 aliphatic carbocycles. The number of aromatic amines is 1. The number of imidazole rings is 1. The minimum absolute atomic E-state index is 0.00458. The molecule has 0 fully saturated rings. The highest BCUT2D eigenvalue weighted by molar-refractivity contribution is 6.01. The molecular formula is C26H32N8O7. The molecule has 0 bridgehead atoms. The summed E-state index contributed by atoms with van der Waals surface area (Å²) in [6, 6.07) is 6.16. The smallest absolute Gasteiger partial charge is 0.328 e. The van der Waals surface area contributed by atoms with Crippen LogP contribution in [0.5, 0.6) is 5.75 Å². The summed E-state index contributed by atoms with van der Waals surface area (Å²) in [5.41, 5.74) is 11.3. The number of phenols is 1. The van der Waals surface area contributed by atoms with Gasteiger partial charge in [0.1, 0.15) is 23.7 Å². The molecule has 218 valence electrons. The number of phenolic OH excluding ortho intramolecular Hbond substituents is 1. The number of esters is 1. The van der Waals surface area contributed by atoms with E-state index in [0.29, 0.717) is 11.4 Å². The number of carbonyl (C=O) groups is 3. The van der Waals surface area contributed by atoms with Gasteiger partial charge in [0.05, 0.1) is 23.7 Å². The van der Waals surface area contributed by atoms with Crippen molar-refractivity contribution in [3.05, 3.63) is 57.1 Å². The number of fused-ring (bicyclic) bond motifs is 1. The van der Waals surface area contributed by atoms with Crippen LogP contribution in [0, 0.1) is 24.0 Å². The Bertz CT molecular complexity index is 1460. The van der Waals surface area contributed by atoms with Crippen LogP contribution in [-0.2, 0) is 14.3 Å². The van der Waals surface area contributed by atoms with Crippen LogP contribution in [0.2, 0.25) is 0 Å². The number of H-pyrrole nitrogens is 1. The minimum atomic E-state index is -1.16. The molecule has 0 saturated carbocycles. The van der Waals surface area contributed by atoms with Gasteiger partial charge < -0.3 is 31.2 Å². The van der Waals surface area contributed by atoms with Gasteiger partial charge >= 0.3 is 5.97 Å². The van der Waals surface area contributed by atoms with Gasteiger partial charge in [0.25, 0.3) is 11.9 Å². The van der Waals surface area contributed by atoms with Gasteiger partial charge in [-0.3, -0.25) is 9.59 Å². The van der Waals surface area contributed by atoms with E-state index in [1.807, 2.05) is 26.0 Å². The second-order valence-corrected chi connectivity index (χ2v) is 9.33. The number of methoxy groups -OCH3 is 1. The number of benzene rings is 2. The van der Waals surface area contributed by atoms with Crippen molar-refractivity contribution in [2.24, 2.45) is 10.7 Å². The molecule has 15 heteroatoms. The fraction of sp³-hybridized carbons (Fsp3) is 0.346. The summed E-state index contributed by atoms with van der Waals surface area (Å²) < 4.78 is 4.63. The van der Waals surface area contributed by atoms with Crippen molar-refractivity contribution in [2.45, 2.75) is 45.7 Å². The third kappa shape index (κ3) is 7.90. The Hall–Kier alpha value is -5.21. The second-order valence-electron chi connectivity index (χ2n) is 9.33. The predicted molar refractivity (Wildman–Crippen MR) is 149 cm³/mol. The van der Waals surface area contributed by atoms with Crippen LogP contribution in [0.4, 0.5) is 0 Å². The van der Waals surface area contributed by atoms with Crippen molar-refractivity contribution in [3.8, 4) is 17.1 Å². The SMILES string of the molecule is COC(=O)[C@H](C)NC(=O)[C@H](CCCN=C(N)N[N+](=O)[O-])NC(=O)c1cc(-c2nc3cc(C)c(C)cc3[nH]2)ccc1O. The number of nitro groups is 1. The van der Waals surface area contributed by atoms with E-state index in [9.17, 15) is 29.6 Å². The van der Waals surface area contributed by atoms with Crippen LogP contribution in [0.25, 0.3) is 22.4 Å². The molecule has 0 saturated heterocycles. The van der Waals surface area contributed by atoms with Crippen molar-refractivity contribution >= 4 is 34.8 Å². The van der Waals surface area contributed by atoms with Crippen molar-refractivity contribution in [1.82, 2.24) is 26.0 Å². The summed E-state index contributed by atoms with van der Waals surface area (Å²) in [6.45, 7) is 5.39. The lowest BCUT2D eigenvalue weighted by molar-refractivity contribution is -0.525. The van der Waals surface area contributed by atoms with Gasteiger partial charge in [-0.2, -0.15) is 0 Å². The normalized spacial score (nSPS) is 12.8. The first-order chi connectivity index (χ1) is 19.4. The number of hydrogen-bond acceptors (Lipinski definition) is 9. The van der Waals surface area contributed by atoms with E-state index in [0.717, 1.165) is 22.2 Å². The highest BCUT2D eigenvalue weighted by atomic mass is 16.7. The third-order valence-corrected chi connectivity index (χ3v) is 6.29. The van der Waals surface area contributed by atoms with Crippen LogP contribution in [0.15, 0.2) is 35.3 Å². The molecule has 3 aromatic rings. The number of carbonyl (C=O) groups excluding carboxylic acids is 3. The van der Waals surface area contributed by atoms with E-state index in [1.165, 1.54) is 26.2 Å². The fourth-order valence-electron chi connectivity index (χ4n) is 3.95. The number of aromatic nitrogens is 2. The number of ether oxygens (including phenoxy) is 1. The number of nitrogens with two attached hydrogens (primary N) is 1. The van der Waals surface area contributed by atoms with Gasteiger partial charge in [0.15, 0.2) is 5.03 Å². The molecule has 0 aliphatic rings. The molecule has 7 N–H and O–H groups in total. The number of guanidine groups is 1. The van der Waals surface area contributed by atoms with Crippen LogP contribution in [0.1, 0.15) is 41.3 Å². The van der Waals surface area contributed by atoms with Gasteiger partial charge in [-0.1, -0.05) is 5.43 Å². The number of rotatable bonds is 11. The number of hydrogen-bond donors (Lipinski definition) is 6. The Balaban J connectivity index is 1.82. The highest BCUT2D eigenvalue weighted by Crippen LogP contribution is 2.27. The Labute approximate surface area is 234 Å². The lowest BCUT2D eigenvalue weighted by atomic mass is 10.1. The molecule has 0 aliphatic heterocycles. The number of aryl methyl sites for hydroxylation is 2. The Morgan fingerprint density at radius 1 is 1.20 bits per heavy atom. The number of nitrogens with one attached hydrogen (secondary N) is 4. The van der Waals surface area contributed by atoms with Crippen molar-refractivity contribution < 1.29 is 29.3 Å². The maximum atomic E-state index is 13.3. The molecule has 1 aromatic heterocycles. The van der Waals surface area contributed by atoms with Crippen LogP contribution in [-0.4, -0.2) is 69.6 Å². The summed E-state index contributed by atoms with van der Waals surface area (Å²) in [5, 5.41) is 25.1. The van der Waals surface area contributed by atoms with Gasteiger partial charge in [-0.05, 0) is 75.1 Å². The first kappa shape index (κ1) is 30.3. The Morgan fingerprint density at radius 3 is 2.59 bits per heavy atom. The number of hydrazine groups is 1. The summed E-state index contributed by atoms with van der Waals surface area (Å²) in [4.78, 5) is 60.1. The average molecular weight is 569 g/mol. The Morgan fingerprint density at radius 2 is 1.90 bits per heavy atom. The van der Waals surface area contributed by atoms with E-state index in [4.69, 9.17) is 5.73 Å². The van der Waals surface area contributed by atoms with E-state index in [2.05, 4.69) is 30.3 Å². The molecule has 3 rings (SSSR count). The summed E-state index contributed by atoms with van der Waals surface area (Å²) in [5.74, 6) is -2.38. The van der Waals surface area contributed by atoms with Gasteiger partial charge in [-0.15, -0.1) is 0 Å². The molecule has 2 atom stereocenters. The van der Waals surface area contributed by atoms with E-state index in [-0.39, 0.29) is 30.7 Å². The topological polar surface area (TPSA) is 227 Å². The van der Waals surface area contributed by atoms with Crippen LogP contribution >= 0.6 is 0 Å². The van der Waals surface area contributed by atoms with Crippen molar-refractivity contribution in [1.29, 1.82) is 0 Å². The first-order valence-corrected chi connectivity index (χ1v) is 12.6. The Kier molecular flexibility index (Phi) is 9.79. The highest BCUT2D eigenvalue weighted by Gasteiger charge is 2.26. The van der Waals surface area contributed by atoms with E-state index in [1.54, 1.807) is 11.5 Å². The quantitative estimate of drug-likeness (QED) is 0.0483. The fourth-order valence-corrected chi connectivity index (χ4v) is 3.95. The zero-order valence-corrected chi connectivity index (χ0v) is 23.0. The molecule has 2 amide bonds. The molecule has 0 spiro atoms. The summed E-state index contributed by atoms with van der Waals surface area (Å²) in [6.07, 6.45) is 0.221. The second kappa shape index (κ2) is 13.2. The lowest BCUT2D eigenvalue weighted by Gasteiger charge is -2.20. The van der Waals surface area contributed by atoms with Gasteiger partial charge in [-0.25, -0.2) is 24.9 Å². The maximum absolute atomic E-state index is 13.3. The number of aliphatic imine (C=N–C) groups is 1. The standard InChI is InChI=1S/C26H32N8O7/c1-13-10-19-20(11-14(13)2)31-22(30-19)16-7-8-21(35)17(12-16)23(36)32-18(24(37)29-15(3)25(38)41-4)6-5-9-28-26(27)33-34(39)40/h7-8,10-12,15,18,35H,5-6,9H2,1-4H3,(H,29,37)(H,30,31)(H,32,36)(H3,27,28,33)/t15-,18-/m0/s1. The largest absolute Gasteiger partial charge is 0.507 e. The van der Waals surface area contributed by atoms with E-state index >= 15 is 0 Å².